The average molecular weight is 361 g/mol. The van der Waals surface area contributed by atoms with Gasteiger partial charge >= 0.3 is 0 Å². The number of nitrogens with zero attached hydrogens (tertiary/aromatic N) is 1. The number of ether oxygens (including phenoxy) is 1. The van der Waals surface area contributed by atoms with E-state index in [-0.39, 0.29) is 18.4 Å². The van der Waals surface area contributed by atoms with Crippen LogP contribution in [-0.2, 0) is 4.79 Å². The molecule has 2 rings (SSSR count). The molecule has 0 saturated carbocycles. The van der Waals surface area contributed by atoms with Crippen molar-refractivity contribution >= 4 is 28.1 Å². The molecule has 0 fully saturated rings. The van der Waals surface area contributed by atoms with Gasteiger partial charge in [0.2, 0.25) is 0 Å². The summed E-state index contributed by atoms with van der Waals surface area (Å²) in [6.45, 7) is 1.94. The van der Waals surface area contributed by atoms with Crippen molar-refractivity contribution in [2.45, 2.75) is 12.8 Å². The minimum absolute atomic E-state index is 0.0759. The summed E-state index contributed by atoms with van der Waals surface area (Å²) in [5.41, 5.74) is 3.61. The van der Waals surface area contributed by atoms with Crippen molar-refractivity contribution < 1.29 is 9.53 Å². The van der Waals surface area contributed by atoms with Gasteiger partial charge in [0.25, 0.3) is 5.91 Å². The maximum Gasteiger partial charge on any atom is 0.277 e. The molecular weight excluding hydrogens is 344 g/mol. The van der Waals surface area contributed by atoms with Crippen LogP contribution in [0.4, 0.5) is 0 Å². The molecule has 4 nitrogen and oxygen atoms in total. The summed E-state index contributed by atoms with van der Waals surface area (Å²) in [6.07, 6.45) is 1.70. The van der Waals surface area contributed by atoms with Gasteiger partial charge in [0.1, 0.15) is 5.75 Å². The Morgan fingerprint density at radius 3 is 2.77 bits per heavy atom. The van der Waals surface area contributed by atoms with Crippen molar-refractivity contribution in [1.82, 2.24) is 5.43 Å². The zero-order chi connectivity index (χ0) is 15.8. The first-order valence-corrected chi connectivity index (χ1v) is 7.70. The molecule has 1 N–H and O–H groups in total. The van der Waals surface area contributed by atoms with E-state index in [0.29, 0.717) is 5.75 Å². The van der Waals surface area contributed by atoms with Gasteiger partial charge < -0.3 is 4.74 Å². The monoisotopic (exact) mass is 360 g/mol. The third-order valence-corrected chi connectivity index (χ3v) is 3.47. The Bertz CT molecular complexity index is 644. The van der Waals surface area contributed by atoms with E-state index in [1.807, 2.05) is 49.4 Å². The summed E-state index contributed by atoms with van der Waals surface area (Å²) in [7, 11) is 0. The summed E-state index contributed by atoms with van der Waals surface area (Å²) < 4.78 is 6.28. The van der Waals surface area contributed by atoms with Crippen LogP contribution in [0.25, 0.3) is 0 Å². The topological polar surface area (TPSA) is 50.7 Å². The lowest BCUT2D eigenvalue weighted by atomic mass is 10.0. The lowest BCUT2D eigenvalue weighted by Crippen LogP contribution is -2.24. The lowest BCUT2D eigenvalue weighted by molar-refractivity contribution is -0.123. The van der Waals surface area contributed by atoms with Gasteiger partial charge in [0, 0.05) is 16.6 Å². The smallest absolute Gasteiger partial charge is 0.277 e. The van der Waals surface area contributed by atoms with E-state index in [9.17, 15) is 4.79 Å². The van der Waals surface area contributed by atoms with Crippen LogP contribution in [0, 0.1) is 0 Å². The van der Waals surface area contributed by atoms with Gasteiger partial charge in [-0.15, -0.1) is 0 Å². The number of carbonyl (C=O) groups excluding carboxylic acids is 1. The first-order valence-electron chi connectivity index (χ1n) is 6.90. The molecule has 22 heavy (non-hydrogen) atoms. The second-order valence-electron chi connectivity index (χ2n) is 4.76. The molecule has 0 bridgehead atoms. The van der Waals surface area contributed by atoms with E-state index < -0.39 is 0 Å². The number of halogens is 1. The molecule has 0 radical (unpaired) electrons. The van der Waals surface area contributed by atoms with Crippen molar-refractivity contribution in [3.8, 4) is 5.75 Å². The Morgan fingerprint density at radius 2 is 2.05 bits per heavy atom. The van der Waals surface area contributed by atoms with Gasteiger partial charge in [-0.1, -0.05) is 59.3 Å². The molecule has 0 aliphatic rings. The number of hydrogen-bond acceptors (Lipinski definition) is 3. The minimum Gasteiger partial charge on any atom is -0.484 e. The van der Waals surface area contributed by atoms with Gasteiger partial charge in [-0.3, -0.25) is 4.79 Å². The van der Waals surface area contributed by atoms with Crippen LogP contribution < -0.4 is 10.2 Å². The van der Waals surface area contributed by atoms with Gasteiger partial charge in [-0.2, -0.15) is 5.10 Å². The van der Waals surface area contributed by atoms with E-state index in [1.165, 1.54) is 0 Å². The summed E-state index contributed by atoms with van der Waals surface area (Å²) in [5, 5.41) is 3.96. The fourth-order valence-electron chi connectivity index (χ4n) is 1.80. The number of hydrazone groups is 1. The second kappa shape index (κ2) is 8.34. The van der Waals surface area contributed by atoms with Crippen molar-refractivity contribution in [3.63, 3.8) is 0 Å². The van der Waals surface area contributed by atoms with Crippen LogP contribution in [0.15, 0.2) is 64.2 Å². The van der Waals surface area contributed by atoms with Crippen molar-refractivity contribution in [2.24, 2.45) is 5.10 Å². The first-order chi connectivity index (χ1) is 10.6. The number of rotatable bonds is 6. The number of nitrogens with one attached hydrogen (secondary N) is 1. The molecule has 0 saturated heterocycles. The molecule has 0 unspecified atom stereocenters. The lowest BCUT2D eigenvalue weighted by Gasteiger charge is -2.06. The Kier molecular flexibility index (Phi) is 6.15. The SMILES string of the molecule is C[C@@H](/C=N\NC(=O)COc1cccc(Br)c1)c1ccccc1. The number of carbonyl (C=O) groups is 1. The standard InChI is InChI=1S/C17H17BrN2O2/c1-13(14-6-3-2-4-7-14)11-19-20-17(21)12-22-16-9-5-8-15(18)10-16/h2-11,13H,12H2,1H3,(H,20,21)/b19-11-/t13-/m0/s1. The van der Waals surface area contributed by atoms with E-state index in [4.69, 9.17) is 4.74 Å². The molecule has 1 atom stereocenters. The summed E-state index contributed by atoms with van der Waals surface area (Å²) in [6, 6.07) is 17.3. The summed E-state index contributed by atoms with van der Waals surface area (Å²) in [5.74, 6) is 0.468. The molecule has 0 spiro atoms. The van der Waals surface area contributed by atoms with Crippen LogP contribution in [0.5, 0.6) is 5.75 Å². The Hall–Kier alpha value is -2.14. The normalized spacial score (nSPS) is 12.1. The van der Waals surface area contributed by atoms with E-state index in [2.05, 4.69) is 26.5 Å². The molecule has 0 heterocycles. The summed E-state index contributed by atoms with van der Waals surface area (Å²) >= 11 is 3.35. The second-order valence-corrected chi connectivity index (χ2v) is 5.67. The average Bonchev–Trinajstić information content (AvgIpc) is 2.54. The predicted molar refractivity (Wildman–Crippen MR) is 91.1 cm³/mol. The number of hydrogen-bond donors (Lipinski definition) is 1. The quantitative estimate of drug-likeness (QED) is 0.630. The van der Waals surface area contributed by atoms with Crippen molar-refractivity contribution in [1.29, 1.82) is 0 Å². The third kappa shape index (κ3) is 5.33. The molecule has 2 aromatic carbocycles. The maximum absolute atomic E-state index is 11.7. The van der Waals surface area contributed by atoms with Crippen LogP contribution in [0.2, 0.25) is 0 Å². The van der Waals surface area contributed by atoms with Crippen LogP contribution in [0.3, 0.4) is 0 Å². The van der Waals surface area contributed by atoms with E-state index in [0.717, 1.165) is 10.0 Å². The fraction of sp³-hybridized carbons (Fsp3) is 0.176. The van der Waals surface area contributed by atoms with Crippen LogP contribution in [0.1, 0.15) is 18.4 Å². The molecule has 0 aliphatic carbocycles. The van der Waals surface area contributed by atoms with Gasteiger partial charge in [-0.25, -0.2) is 5.43 Å². The zero-order valence-corrected chi connectivity index (χ0v) is 13.8. The third-order valence-electron chi connectivity index (χ3n) is 2.98. The van der Waals surface area contributed by atoms with E-state index >= 15 is 0 Å². The first kappa shape index (κ1) is 16.2. The predicted octanol–water partition coefficient (Wildman–Crippen LogP) is 3.73. The highest BCUT2D eigenvalue weighted by Crippen LogP contribution is 2.17. The molecule has 5 heteroatoms. The molecule has 114 valence electrons. The van der Waals surface area contributed by atoms with Crippen LogP contribution >= 0.6 is 15.9 Å². The van der Waals surface area contributed by atoms with Gasteiger partial charge in [0.05, 0.1) is 0 Å². The van der Waals surface area contributed by atoms with Crippen LogP contribution in [-0.4, -0.2) is 18.7 Å². The van der Waals surface area contributed by atoms with Gasteiger partial charge in [-0.05, 0) is 23.8 Å². The molecule has 0 aromatic heterocycles. The number of benzene rings is 2. The number of amides is 1. The molecule has 2 aromatic rings. The highest BCUT2D eigenvalue weighted by Gasteiger charge is 2.03. The maximum atomic E-state index is 11.7. The highest BCUT2D eigenvalue weighted by molar-refractivity contribution is 9.10. The highest BCUT2D eigenvalue weighted by atomic mass is 79.9. The molecular formula is C17H17BrN2O2. The van der Waals surface area contributed by atoms with Gasteiger partial charge in [0.15, 0.2) is 6.61 Å². The molecule has 1 amide bonds. The largest absolute Gasteiger partial charge is 0.484 e. The Morgan fingerprint density at radius 1 is 1.27 bits per heavy atom. The molecule has 0 aliphatic heterocycles. The fourth-order valence-corrected chi connectivity index (χ4v) is 2.18. The summed E-state index contributed by atoms with van der Waals surface area (Å²) in [4.78, 5) is 11.7. The van der Waals surface area contributed by atoms with E-state index in [1.54, 1.807) is 18.3 Å². The Balaban J connectivity index is 1.77. The van der Waals surface area contributed by atoms with Crippen molar-refractivity contribution in [3.05, 3.63) is 64.6 Å². The minimum atomic E-state index is -0.295. The Labute approximate surface area is 138 Å². The zero-order valence-electron chi connectivity index (χ0n) is 12.2. The van der Waals surface area contributed by atoms with Crippen molar-refractivity contribution in [2.75, 3.05) is 6.61 Å².